The Morgan fingerprint density at radius 3 is 2.56 bits per heavy atom. The van der Waals surface area contributed by atoms with Gasteiger partial charge in [0.1, 0.15) is 17.4 Å². The van der Waals surface area contributed by atoms with Crippen LogP contribution in [0.25, 0.3) is 11.3 Å². The van der Waals surface area contributed by atoms with E-state index in [0.29, 0.717) is 6.61 Å². The Bertz CT molecular complexity index is 842. The molecule has 0 amide bonds. The standard InChI is InChI=1S/C21H24N2OS/c1-14-10-18(19-13-25-21(23-19)16(3)22-4)20(11-15(14)2)24-12-17-8-6-5-7-9-17/h5-11,13,16,22H,12H2,1-4H3. The molecule has 0 saturated heterocycles. The van der Waals surface area contributed by atoms with Crippen LogP contribution in [0.4, 0.5) is 0 Å². The Hall–Kier alpha value is -2.17. The van der Waals surface area contributed by atoms with Gasteiger partial charge in [-0.3, -0.25) is 0 Å². The molecule has 3 nitrogen and oxygen atoms in total. The van der Waals surface area contributed by atoms with Gasteiger partial charge in [0.05, 0.1) is 11.7 Å². The number of ether oxygens (including phenoxy) is 1. The van der Waals surface area contributed by atoms with Crippen LogP contribution in [-0.4, -0.2) is 12.0 Å². The van der Waals surface area contributed by atoms with Gasteiger partial charge < -0.3 is 10.1 Å². The zero-order valence-corrected chi connectivity index (χ0v) is 16.0. The summed E-state index contributed by atoms with van der Waals surface area (Å²) >= 11 is 1.68. The normalized spacial score (nSPS) is 12.2. The zero-order valence-electron chi connectivity index (χ0n) is 15.2. The van der Waals surface area contributed by atoms with Crippen molar-refractivity contribution >= 4 is 11.3 Å². The molecule has 0 radical (unpaired) electrons. The van der Waals surface area contributed by atoms with Crippen LogP contribution in [0.2, 0.25) is 0 Å². The van der Waals surface area contributed by atoms with Crippen LogP contribution in [-0.2, 0) is 6.61 Å². The summed E-state index contributed by atoms with van der Waals surface area (Å²) < 4.78 is 6.16. The van der Waals surface area contributed by atoms with Gasteiger partial charge in [-0.05, 0) is 56.6 Å². The van der Waals surface area contributed by atoms with E-state index in [-0.39, 0.29) is 6.04 Å². The van der Waals surface area contributed by atoms with Gasteiger partial charge in [-0.2, -0.15) is 0 Å². The number of aryl methyl sites for hydroxylation is 2. The molecule has 4 heteroatoms. The molecule has 0 spiro atoms. The van der Waals surface area contributed by atoms with E-state index in [1.165, 1.54) is 11.1 Å². The van der Waals surface area contributed by atoms with E-state index in [4.69, 9.17) is 9.72 Å². The lowest BCUT2D eigenvalue weighted by molar-refractivity contribution is 0.307. The van der Waals surface area contributed by atoms with Crippen molar-refractivity contribution < 1.29 is 4.74 Å². The minimum absolute atomic E-state index is 0.249. The number of hydrogen-bond acceptors (Lipinski definition) is 4. The van der Waals surface area contributed by atoms with Crippen LogP contribution in [0.3, 0.4) is 0 Å². The van der Waals surface area contributed by atoms with Gasteiger partial charge in [-0.15, -0.1) is 11.3 Å². The molecular formula is C21H24N2OS. The van der Waals surface area contributed by atoms with E-state index in [1.807, 2.05) is 25.2 Å². The van der Waals surface area contributed by atoms with Crippen molar-refractivity contribution in [2.45, 2.75) is 33.4 Å². The van der Waals surface area contributed by atoms with Crippen LogP contribution in [0, 0.1) is 13.8 Å². The van der Waals surface area contributed by atoms with Gasteiger partial charge in [-0.1, -0.05) is 30.3 Å². The van der Waals surface area contributed by atoms with Gasteiger partial charge in [0.15, 0.2) is 0 Å². The van der Waals surface area contributed by atoms with Gasteiger partial charge in [0.2, 0.25) is 0 Å². The number of rotatable bonds is 6. The van der Waals surface area contributed by atoms with E-state index >= 15 is 0 Å². The van der Waals surface area contributed by atoms with Crippen molar-refractivity contribution in [3.63, 3.8) is 0 Å². The molecule has 3 rings (SSSR count). The van der Waals surface area contributed by atoms with Crippen molar-refractivity contribution in [3.8, 4) is 17.0 Å². The topological polar surface area (TPSA) is 34.2 Å². The maximum absolute atomic E-state index is 6.16. The Morgan fingerprint density at radius 1 is 1.12 bits per heavy atom. The summed E-state index contributed by atoms with van der Waals surface area (Å²) in [7, 11) is 1.95. The third-order valence-corrected chi connectivity index (χ3v) is 5.46. The molecule has 0 bridgehead atoms. The van der Waals surface area contributed by atoms with Crippen molar-refractivity contribution in [2.75, 3.05) is 7.05 Å². The first-order valence-electron chi connectivity index (χ1n) is 8.49. The maximum atomic E-state index is 6.16. The van der Waals surface area contributed by atoms with E-state index in [0.717, 1.165) is 27.6 Å². The SMILES string of the molecule is CNC(C)c1nc(-c2cc(C)c(C)cc2OCc2ccccc2)cs1. The van der Waals surface area contributed by atoms with Crippen LogP contribution < -0.4 is 10.1 Å². The van der Waals surface area contributed by atoms with Gasteiger partial charge in [0.25, 0.3) is 0 Å². The molecule has 0 aliphatic rings. The molecule has 0 saturated carbocycles. The van der Waals surface area contributed by atoms with Crippen molar-refractivity contribution in [2.24, 2.45) is 0 Å². The third-order valence-electron chi connectivity index (χ3n) is 4.43. The summed E-state index contributed by atoms with van der Waals surface area (Å²) in [5, 5.41) is 6.45. The predicted molar refractivity (Wildman–Crippen MR) is 105 cm³/mol. The average Bonchev–Trinajstić information content (AvgIpc) is 3.12. The number of nitrogens with zero attached hydrogens (tertiary/aromatic N) is 1. The molecule has 0 fully saturated rings. The fraction of sp³-hybridized carbons (Fsp3) is 0.286. The fourth-order valence-electron chi connectivity index (χ4n) is 2.58. The minimum Gasteiger partial charge on any atom is -0.488 e. The minimum atomic E-state index is 0.249. The molecule has 1 atom stereocenters. The molecule has 1 N–H and O–H groups in total. The van der Waals surface area contributed by atoms with Crippen molar-refractivity contribution in [3.05, 3.63) is 69.5 Å². The number of hydrogen-bond donors (Lipinski definition) is 1. The molecule has 25 heavy (non-hydrogen) atoms. The van der Waals surface area contributed by atoms with Gasteiger partial charge in [0, 0.05) is 10.9 Å². The molecule has 1 unspecified atom stereocenters. The van der Waals surface area contributed by atoms with Crippen molar-refractivity contribution in [1.82, 2.24) is 10.3 Å². The van der Waals surface area contributed by atoms with E-state index in [9.17, 15) is 0 Å². The monoisotopic (exact) mass is 352 g/mol. The molecule has 1 heterocycles. The predicted octanol–water partition coefficient (Wildman–Crippen LogP) is 5.29. The highest BCUT2D eigenvalue weighted by Crippen LogP contribution is 2.35. The summed E-state index contributed by atoms with van der Waals surface area (Å²) in [6.45, 7) is 6.92. The lowest BCUT2D eigenvalue weighted by atomic mass is 10.0. The molecule has 2 aromatic carbocycles. The molecule has 0 aliphatic heterocycles. The van der Waals surface area contributed by atoms with Crippen LogP contribution in [0.15, 0.2) is 47.8 Å². The van der Waals surface area contributed by atoms with E-state index < -0.39 is 0 Å². The fourth-order valence-corrected chi connectivity index (χ4v) is 3.46. The van der Waals surface area contributed by atoms with E-state index in [2.05, 4.69) is 55.7 Å². The second-order valence-corrected chi connectivity index (χ2v) is 7.18. The molecule has 0 aliphatic carbocycles. The first-order valence-corrected chi connectivity index (χ1v) is 9.37. The summed E-state index contributed by atoms with van der Waals surface area (Å²) in [6, 6.07) is 14.8. The van der Waals surface area contributed by atoms with Crippen LogP contribution in [0.1, 0.15) is 34.7 Å². The van der Waals surface area contributed by atoms with Gasteiger partial charge in [-0.25, -0.2) is 4.98 Å². The smallest absolute Gasteiger partial charge is 0.129 e. The molecule has 1 aromatic heterocycles. The molecular weight excluding hydrogens is 328 g/mol. The number of aromatic nitrogens is 1. The highest BCUT2D eigenvalue weighted by Gasteiger charge is 2.15. The second-order valence-electron chi connectivity index (χ2n) is 6.29. The summed E-state index contributed by atoms with van der Waals surface area (Å²) in [5.41, 5.74) is 5.68. The highest BCUT2D eigenvalue weighted by molar-refractivity contribution is 7.10. The number of benzene rings is 2. The quantitative estimate of drug-likeness (QED) is 0.655. The second kappa shape index (κ2) is 7.81. The van der Waals surface area contributed by atoms with Gasteiger partial charge >= 0.3 is 0 Å². The Kier molecular flexibility index (Phi) is 5.51. The number of nitrogens with one attached hydrogen (secondary N) is 1. The van der Waals surface area contributed by atoms with Crippen LogP contribution >= 0.6 is 11.3 Å². The molecule has 130 valence electrons. The van der Waals surface area contributed by atoms with Crippen molar-refractivity contribution in [1.29, 1.82) is 0 Å². The first kappa shape index (κ1) is 17.6. The summed E-state index contributed by atoms with van der Waals surface area (Å²) in [4.78, 5) is 4.81. The van der Waals surface area contributed by atoms with Crippen LogP contribution in [0.5, 0.6) is 5.75 Å². The Balaban J connectivity index is 1.92. The average molecular weight is 353 g/mol. The summed E-state index contributed by atoms with van der Waals surface area (Å²) in [5.74, 6) is 0.890. The summed E-state index contributed by atoms with van der Waals surface area (Å²) in [6.07, 6.45) is 0. The third kappa shape index (κ3) is 4.09. The largest absolute Gasteiger partial charge is 0.488 e. The first-order chi connectivity index (χ1) is 12.1. The zero-order chi connectivity index (χ0) is 17.8. The van der Waals surface area contributed by atoms with E-state index in [1.54, 1.807) is 11.3 Å². The lowest BCUT2D eigenvalue weighted by Crippen LogP contribution is -2.11. The lowest BCUT2D eigenvalue weighted by Gasteiger charge is -2.13. The highest BCUT2D eigenvalue weighted by atomic mass is 32.1. The Morgan fingerprint density at radius 2 is 1.84 bits per heavy atom. The molecule has 3 aromatic rings. The Labute approximate surface area is 153 Å². The maximum Gasteiger partial charge on any atom is 0.129 e. The number of thiazole rings is 1.